The quantitative estimate of drug-likeness (QED) is 0.669. The Balaban J connectivity index is 2.10. The van der Waals surface area contributed by atoms with E-state index in [1.807, 2.05) is 20.0 Å². The highest BCUT2D eigenvalue weighted by Crippen LogP contribution is 2.26. The predicted molar refractivity (Wildman–Crippen MR) is 76.7 cm³/mol. The van der Waals surface area contributed by atoms with Crippen molar-refractivity contribution in [3.05, 3.63) is 33.9 Å². The van der Waals surface area contributed by atoms with Crippen LogP contribution in [0.3, 0.4) is 0 Å². The summed E-state index contributed by atoms with van der Waals surface area (Å²) in [6.07, 6.45) is 2.36. The lowest BCUT2D eigenvalue weighted by molar-refractivity contribution is -0.384. The van der Waals surface area contributed by atoms with Gasteiger partial charge in [0.1, 0.15) is 0 Å². The molecule has 5 heteroatoms. The number of nitro groups is 1. The molecule has 1 aliphatic rings. The van der Waals surface area contributed by atoms with E-state index >= 15 is 0 Å². The molecule has 5 nitrogen and oxygen atoms in total. The maximum atomic E-state index is 10.9. The summed E-state index contributed by atoms with van der Waals surface area (Å²) >= 11 is 0. The Morgan fingerprint density at radius 2 is 2.11 bits per heavy atom. The van der Waals surface area contributed by atoms with Gasteiger partial charge < -0.3 is 10.2 Å². The molecule has 0 atom stereocenters. The van der Waals surface area contributed by atoms with Crippen molar-refractivity contribution in [3.63, 3.8) is 0 Å². The number of hydrogen-bond donors (Lipinski definition) is 1. The molecule has 0 spiro atoms. The zero-order valence-corrected chi connectivity index (χ0v) is 11.6. The second-order valence-corrected chi connectivity index (χ2v) is 5.30. The largest absolute Gasteiger partial charge is 0.374 e. The van der Waals surface area contributed by atoms with E-state index in [9.17, 15) is 10.1 Å². The van der Waals surface area contributed by atoms with Crippen molar-refractivity contribution in [2.24, 2.45) is 5.92 Å². The van der Waals surface area contributed by atoms with Crippen molar-refractivity contribution in [2.75, 3.05) is 31.6 Å². The fourth-order valence-corrected chi connectivity index (χ4v) is 2.67. The van der Waals surface area contributed by atoms with E-state index in [2.05, 4.69) is 10.2 Å². The van der Waals surface area contributed by atoms with Gasteiger partial charge >= 0.3 is 0 Å². The predicted octanol–water partition coefficient (Wildman–Crippen LogP) is 2.34. The summed E-state index contributed by atoms with van der Waals surface area (Å²) in [4.78, 5) is 12.7. The molecule has 0 saturated carbocycles. The van der Waals surface area contributed by atoms with Crippen LogP contribution in [0, 0.1) is 23.0 Å². The molecule has 2 rings (SSSR count). The van der Waals surface area contributed by atoms with E-state index in [4.69, 9.17) is 0 Å². The fraction of sp³-hybridized carbons (Fsp3) is 0.571. The smallest absolute Gasteiger partial charge is 0.271 e. The van der Waals surface area contributed by atoms with E-state index < -0.39 is 0 Å². The number of non-ortho nitro benzene ring substituents is 1. The number of nitrogens with one attached hydrogen (secondary N) is 1. The van der Waals surface area contributed by atoms with Crippen molar-refractivity contribution < 1.29 is 4.92 Å². The molecule has 1 aliphatic heterocycles. The first-order chi connectivity index (χ1) is 9.08. The van der Waals surface area contributed by atoms with Gasteiger partial charge in [0.15, 0.2) is 0 Å². The van der Waals surface area contributed by atoms with E-state index in [1.165, 1.54) is 12.8 Å². The van der Waals surface area contributed by atoms with Crippen LogP contribution in [0.5, 0.6) is 0 Å². The molecular weight excluding hydrogens is 242 g/mol. The number of hydrogen-bond acceptors (Lipinski definition) is 4. The molecule has 0 aromatic heterocycles. The lowest BCUT2D eigenvalue weighted by atomic mass is 9.97. The van der Waals surface area contributed by atoms with Crippen molar-refractivity contribution in [3.8, 4) is 0 Å². The monoisotopic (exact) mass is 263 g/mol. The Labute approximate surface area is 113 Å². The number of nitro benzene ring substituents is 1. The number of aryl methyl sites for hydroxylation is 1. The van der Waals surface area contributed by atoms with Crippen LogP contribution in [0.2, 0.25) is 0 Å². The Bertz CT molecular complexity index is 456. The van der Waals surface area contributed by atoms with Gasteiger partial charge in [-0.15, -0.1) is 0 Å². The van der Waals surface area contributed by atoms with Gasteiger partial charge in [0.25, 0.3) is 5.69 Å². The SMILES string of the molecule is Cc1ccc([N+](=O)[O-])cc1N(C)CC1CCNCC1. The van der Waals surface area contributed by atoms with Crippen LogP contribution in [-0.2, 0) is 0 Å². The molecule has 1 fully saturated rings. The normalized spacial score (nSPS) is 16.3. The highest BCUT2D eigenvalue weighted by Gasteiger charge is 2.17. The summed E-state index contributed by atoms with van der Waals surface area (Å²) in [6, 6.07) is 5.07. The molecule has 0 aliphatic carbocycles. The first kappa shape index (κ1) is 13.8. The maximum Gasteiger partial charge on any atom is 0.271 e. The van der Waals surface area contributed by atoms with Gasteiger partial charge in [0.05, 0.1) is 4.92 Å². The van der Waals surface area contributed by atoms with Gasteiger partial charge in [-0.05, 0) is 44.3 Å². The average molecular weight is 263 g/mol. The molecular formula is C14H21N3O2. The molecule has 1 heterocycles. The Morgan fingerprint density at radius 1 is 1.42 bits per heavy atom. The van der Waals surface area contributed by atoms with Crippen molar-refractivity contribution in [1.29, 1.82) is 0 Å². The van der Waals surface area contributed by atoms with E-state index in [0.717, 1.165) is 30.9 Å². The van der Waals surface area contributed by atoms with Crippen LogP contribution >= 0.6 is 0 Å². The molecule has 0 radical (unpaired) electrons. The first-order valence-corrected chi connectivity index (χ1v) is 6.75. The Kier molecular flexibility index (Phi) is 4.37. The number of benzene rings is 1. The van der Waals surface area contributed by atoms with Gasteiger partial charge in [0.2, 0.25) is 0 Å². The van der Waals surface area contributed by atoms with Gasteiger partial charge in [0, 0.05) is 31.4 Å². The van der Waals surface area contributed by atoms with Crippen LogP contribution in [0.15, 0.2) is 18.2 Å². The zero-order chi connectivity index (χ0) is 13.8. The van der Waals surface area contributed by atoms with E-state index in [0.29, 0.717) is 5.92 Å². The second kappa shape index (κ2) is 6.02. The molecule has 1 N–H and O–H groups in total. The van der Waals surface area contributed by atoms with E-state index in [-0.39, 0.29) is 10.6 Å². The summed E-state index contributed by atoms with van der Waals surface area (Å²) in [5.74, 6) is 0.671. The molecule has 0 bridgehead atoms. The topological polar surface area (TPSA) is 58.4 Å². The minimum absolute atomic E-state index is 0.165. The van der Waals surface area contributed by atoms with Gasteiger partial charge in [-0.2, -0.15) is 0 Å². The van der Waals surface area contributed by atoms with E-state index in [1.54, 1.807) is 12.1 Å². The van der Waals surface area contributed by atoms with Gasteiger partial charge in [-0.3, -0.25) is 10.1 Å². The highest BCUT2D eigenvalue weighted by atomic mass is 16.6. The number of anilines is 1. The van der Waals surface area contributed by atoms with Gasteiger partial charge in [-0.1, -0.05) is 6.07 Å². The number of piperidine rings is 1. The summed E-state index contributed by atoms with van der Waals surface area (Å²) in [7, 11) is 2.02. The summed E-state index contributed by atoms with van der Waals surface area (Å²) in [5.41, 5.74) is 2.22. The van der Waals surface area contributed by atoms with Crippen LogP contribution in [0.25, 0.3) is 0 Å². The highest BCUT2D eigenvalue weighted by molar-refractivity contribution is 5.58. The van der Waals surface area contributed by atoms with Crippen LogP contribution in [-0.4, -0.2) is 31.6 Å². The Hall–Kier alpha value is -1.62. The third kappa shape index (κ3) is 3.44. The minimum Gasteiger partial charge on any atom is -0.374 e. The number of nitrogens with zero attached hydrogens (tertiary/aromatic N) is 2. The molecule has 0 unspecified atom stereocenters. The molecule has 1 saturated heterocycles. The summed E-state index contributed by atoms with van der Waals surface area (Å²) < 4.78 is 0. The molecule has 19 heavy (non-hydrogen) atoms. The molecule has 1 aromatic carbocycles. The fourth-order valence-electron chi connectivity index (χ4n) is 2.67. The zero-order valence-electron chi connectivity index (χ0n) is 11.6. The first-order valence-electron chi connectivity index (χ1n) is 6.75. The number of rotatable bonds is 4. The average Bonchev–Trinajstić information content (AvgIpc) is 2.40. The third-order valence-corrected chi connectivity index (χ3v) is 3.81. The standard InChI is InChI=1S/C14H21N3O2/c1-11-3-4-13(17(18)19)9-14(11)16(2)10-12-5-7-15-8-6-12/h3-4,9,12,15H,5-8,10H2,1-2H3. The summed E-state index contributed by atoms with van der Waals surface area (Å²) in [6.45, 7) is 5.11. The lowest BCUT2D eigenvalue weighted by Crippen LogP contribution is -2.34. The van der Waals surface area contributed by atoms with Crippen LogP contribution in [0.4, 0.5) is 11.4 Å². The van der Waals surface area contributed by atoms with Gasteiger partial charge in [-0.25, -0.2) is 0 Å². The maximum absolute atomic E-state index is 10.9. The second-order valence-electron chi connectivity index (χ2n) is 5.30. The van der Waals surface area contributed by atoms with Crippen molar-refractivity contribution >= 4 is 11.4 Å². The Morgan fingerprint density at radius 3 is 2.74 bits per heavy atom. The molecule has 104 valence electrons. The summed E-state index contributed by atoms with van der Waals surface area (Å²) in [5, 5.41) is 14.2. The van der Waals surface area contributed by atoms with Crippen molar-refractivity contribution in [2.45, 2.75) is 19.8 Å². The van der Waals surface area contributed by atoms with Crippen molar-refractivity contribution in [1.82, 2.24) is 5.32 Å². The van der Waals surface area contributed by atoms with Crippen LogP contribution < -0.4 is 10.2 Å². The van der Waals surface area contributed by atoms with Crippen LogP contribution in [0.1, 0.15) is 18.4 Å². The minimum atomic E-state index is -0.332. The molecule has 1 aromatic rings. The lowest BCUT2D eigenvalue weighted by Gasteiger charge is -2.29. The third-order valence-electron chi connectivity index (χ3n) is 3.81. The molecule has 0 amide bonds.